The van der Waals surface area contributed by atoms with E-state index >= 15 is 0 Å². The van der Waals surface area contributed by atoms with Crippen LogP contribution in [0.15, 0.2) is 60.8 Å². The van der Waals surface area contributed by atoms with Crippen molar-refractivity contribution in [3.63, 3.8) is 0 Å². The van der Waals surface area contributed by atoms with Crippen LogP contribution in [-0.4, -0.2) is 16.6 Å². The van der Waals surface area contributed by atoms with E-state index in [1.165, 1.54) is 5.56 Å². The first-order chi connectivity index (χ1) is 12.9. The zero-order chi connectivity index (χ0) is 19.3. The van der Waals surface area contributed by atoms with Crippen LogP contribution >= 0.6 is 0 Å². The van der Waals surface area contributed by atoms with Crippen LogP contribution in [0, 0.1) is 0 Å². The highest BCUT2D eigenvalue weighted by atomic mass is 16.5. The van der Waals surface area contributed by atoms with Crippen molar-refractivity contribution in [2.75, 3.05) is 17.2 Å². The number of hydrogen-bond donors (Lipinski definition) is 2. The van der Waals surface area contributed by atoms with E-state index in [1.54, 1.807) is 6.20 Å². The number of ether oxygens (including phenoxy) is 1. The van der Waals surface area contributed by atoms with Crippen LogP contribution < -0.4 is 15.4 Å². The van der Waals surface area contributed by atoms with Crippen LogP contribution in [0.25, 0.3) is 0 Å². The summed E-state index contributed by atoms with van der Waals surface area (Å²) in [6.07, 6.45) is 1.73. The van der Waals surface area contributed by atoms with E-state index < -0.39 is 0 Å². The lowest BCUT2D eigenvalue weighted by atomic mass is 9.87. The monoisotopic (exact) mass is 362 g/mol. The molecule has 1 aromatic heterocycles. The molecule has 1 heterocycles. The van der Waals surface area contributed by atoms with Crippen molar-refractivity contribution in [1.82, 2.24) is 9.97 Å². The molecule has 0 bridgehead atoms. The van der Waals surface area contributed by atoms with Gasteiger partial charge in [-0.2, -0.15) is 4.98 Å². The summed E-state index contributed by atoms with van der Waals surface area (Å²) in [5.41, 5.74) is 3.34. The summed E-state index contributed by atoms with van der Waals surface area (Å²) in [5.74, 6) is 2.12. The Balaban J connectivity index is 1.68. The van der Waals surface area contributed by atoms with Crippen molar-refractivity contribution < 1.29 is 4.74 Å². The van der Waals surface area contributed by atoms with Gasteiger partial charge in [-0.3, -0.25) is 0 Å². The number of rotatable bonds is 6. The fraction of sp³-hybridized carbons (Fsp3) is 0.273. The average molecular weight is 362 g/mol. The predicted octanol–water partition coefficient (Wildman–Crippen LogP) is 5.66. The predicted molar refractivity (Wildman–Crippen MR) is 111 cm³/mol. The van der Waals surface area contributed by atoms with Crippen LogP contribution in [0.2, 0.25) is 0 Å². The van der Waals surface area contributed by atoms with Gasteiger partial charge < -0.3 is 15.4 Å². The Hall–Kier alpha value is -3.08. The lowest BCUT2D eigenvalue weighted by Crippen LogP contribution is -2.10. The van der Waals surface area contributed by atoms with Gasteiger partial charge in [-0.1, -0.05) is 32.9 Å². The van der Waals surface area contributed by atoms with Crippen LogP contribution in [0.3, 0.4) is 0 Å². The number of aromatic nitrogens is 2. The molecule has 0 saturated carbocycles. The molecule has 0 unspecified atom stereocenters. The highest BCUT2D eigenvalue weighted by Gasteiger charge is 2.12. The molecule has 0 radical (unpaired) electrons. The molecule has 3 rings (SSSR count). The molecular formula is C22H26N4O. The van der Waals surface area contributed by atoms with E-state index in [4.69, 9.17) is 4.74 Å². The Labute approximate surface area is 160 Å². The summed E-state index contributed by atoms with van der Waals surface area (Å²) in [5, 5.41) is 6.53. The van der Waals surface area contributed by atoms with E-state index in [0.717, 1.165) is 22.9 Å². The van der Waals surface area contributed by atoms with E-state index in [1.807, 2.05) is 37.3 Å². The molecule has 2 aromatic carbocycles. The average Bonchev–Trinajstić information content (AvgIpc) is 2.64. The first-order valence-corrected chi connectivity index (χ1v) is 9.14. The van der Waals surface area contributed by atoms with Crippen molar-refractivity contribution in [2.24, 2.45) is 0 Å². The largest absolute Gasteiger partial charge is 0.494 e. The summed E-state index contributed by atoms with van der Waals surface area (Å²) in [6.45, 7) is 9.24. The molecule has 0 aliphatic rings. The molecule has 0 fully saturated rings. The smallest absolute Gasteiger partial charge is 0.229 e. The van der Waals surface area contributed by atoms with Crippen molar-refractivity contribution >= 4 is 23.1 Å². The summed E-state index contributed by atoms with van der Waals surface area (Å²) < 4.78 is 5.46. The van der Waals surface area contributed by atoms with Gasteiger partial charge in [0.05, 0.1) is 6.61 Å². The minimum Gasteiger partial charge on any atom is -0.494 e. The zero-order valence-electron chi connectivity index (χ0n) is 16.3. The highest BCUT2D eigenvalue weighted by molar-refractivity contribution is 5.60. The normalized spacial score (nSPS) is 11.1. The lowest BCUT2D eigenvalue weighted by Gasteiger charge is -2.19. The Morgan fingerprint density at radius 3 is 2.11 bits per heavy atom. The van der Waals surface area contributed by atoms with Crippen LogP contribution in [0.4, 0.5) is 23.1 Å². The number of nitrogens with zero attached hydrogens (tertiary/aromatic N) is 2. The number of benzene rings is 2. The minimum absolute atomic E-state index is 0.141. The van der Waals surface area contributed by atoms with Crippen molar-refractivity contribution in [2.45, 2.75) is 33.1 Å². The number of hydrogen-bond acceptors (Lipinski definition) is 5. The second kappa shape index (κ2) is 8.08. The summed E-state index contributed by atoms with van der Waals surface area (Å²) >= 11 is 0. The van der Waals surface area contributed by atoms with E-state index in [0.29, 0.717) is 12.6 Å². The molecule has 140 valence electrons. The molecule has 5 nitrogen and oxygen atoms in total. The Kier molecular flexibility index (Phi) is 5.60. The maximum Gasteiger partial charge on any atom is 0.229 e. The third-order valence-corrected chi connectivity index (χ3v) is 4.10. The second-order valence-corrected chi connectivity index (χ2v) is 7.30. The summed E-state index contributed by atoms with van der Waals surface area (Å²) in [7, 11) is 0. The maximum absolute atomic E-state index is 5.46. The third-order valence-electron chi connectivity index (χ3n) is 4.10. The van der Waals surface area contributed by atoms with Crippen LogP contribution in [0.5, 0.6) is 5.75 Å². The van der Waals surface area contributed by atoms with Crippen molar-refractivity contribution in [3.8, 4) is 5.75 Å². The highest BCUT2D eigenvalue weighted by Crippen LogP contribution is 2.25. The summed E-state index contributed by atoms with van der Waals surface area (Å²) in [4.78, 5) is 8.82. The molecular weight excluding hydrogens is 336 g/mol. The van der Waals surface area contributed by atoms with Crippen molar-refractivity contribution in [1.29, 1.82) is 0 Å². The number of nitrogens with one attached hydrogen (secondary N) is 2. The topological polar surface area (TPSA) is 59.1 Å². The van der Waals surface area contributed by atoms with Gasteiger partial charge in [-0.15, -0.1) is 0 Å². The SMILES string of the molecule is CCOc1ccc(Nc2nccc(Nc3ccc(C(C)(C)C)cc3)n2)cc1. The van der Waals surface area contributed by atoms with Gasteiger partial charge in [-0.25, -0.2) is 4.98 Å². The Bertz CT molecular complexity index is 868. The van der Waals surface area contributed by atoms with Gasteiger partial charge in [0, 0.05) is 17.6 Å². The van der Waals surface area contributed by atoms with Gasteiger partial charge in [0.1, 0.15) is 11.6 Å². The minimum atomic E-state index is 0.141. The van der Waals surface area contributed by atoms with E-state index in [-0.39, 0.29) is 5.41 Å². The molecule has 5 heteroatoms. The lowest BCUT2D eigenvalue weighted by molar-refractivity contribution is 0.340. The standard InChI is InChI=1S/C22H26N4O/c1-5-27-19-12-10-18(11-13-19)25-21-23-15-14-20(26-21)24-17-8-6-16(7-9-17)22(2,3)4/h6-15H,5H2,1-4H3,(H2,23,24,25,26). The van der Waals surface area contributed by atoms with E-state index in [2.05, 4.69) is 65.6 Å². The van der Waals surface area contributed by atoms with Gasteiger partial charge in [0.2, 0.25) is 5.95 Å². The second-order valence-electron chi connectivity index (χ2n) is 7.30. The molecule has 27 heavy (non-hydrogen) atoms. The first-order valence-electron chi connectivity index (χ1n) is 9.14. The van der Waals surface area contributed by atoms with Crippen LogP contribution in [-0.2, 0) is 5.41 Å². The molecule has 0 amide bonds. The number of anilines is 4. The molecule has 0 aliphatic carbocycles. The zero-order valence-corrected chi connectivity index (χ0v) is 16.3. The van der Waals surface area contributed by atoms with E-state index in [9.17, 15) is 0 Å². The molecule has 3 aromatic rings. The molecule has 0 aliphatic heterocycles. The van der Waals surface area contributed by atoms with Crippen LogP contribution in [0.1, 0.15) is 33.3 Å². The Morgan fingerprint density at radius 1 is 0.852 bits per heavy atom. The molecule has 0 atom stereocenters. The maximum atomic E-state index is 5.46. The molecule has 2 N–H and O–H groups in total. The van der Waals surface area contributed by atoms with Gasteiger partial charge in [0.15, 0.2) is 0 Å². The molecule has 0 saturated heterocycles. The molecule has 0 spiro atoms. The fourth-order valence-electron chi connectivity index (χ4n) is 2.62. The van der Waals surface area contributed by atoms with Crippen molar-refractivity contribution in [3.05, 3.63) is 66.4 Å². The Morgan fingerprint density at radius 2 is 1.48 bits per heavy atom. The van der Waals surface area contributed by atoms with Gasteiger partial charge in [-0.05, 0) is 60.4 Å². The summed E-state index contributed by atoms with van der Waals surface area (Å²) in [6, 6.07) is 18.0. The first kappa shape index (κ1) is 18.7. The fourth-order valence-corrected chi connectivity index (χ4v) is 2.62. The quantitative estimate of drug-likeness (QED) is 0.592. The van der Waals surface area contributed by atoms with Gasteiger partial charge >= 0.3 is 0 Å². The van der Waals surface area contributed by atoms with Gasteiger partial charge in [0.25, 0.3) is 0 Å². The third kappa shape index (κ3) is 5.20.